The van der Waals surface area contributed by atoms with Gasteiger partial charge in [-0.3, -0.25) is 4.90 Å². The number of anilines is 1. The van der Waals surface area contributed by atoms with E-state index in [1.807, 2.05) is 0 Å². The Morgan fingerprint density at radius 2 is 2.09 bits per heavy atom. The van der Waals surface area contributed by atoms with Crippen molar-refractivity contribution in [3.8, 4) is 5.75 Å². The van der Waals surface area contributed by atoms with Crippen molar-refractivity contribution in [3.63, 3.8) is 0 Å². The fourth-order valence-electron chi connectivity index (χ4n) is 2.53. The van der Waals surface area contributed by atoms with Gasteiger partial charge in [0.2, 0.25) is 0 Å². The molecule has 1 heterocycles. The summed E-state index contributed by atoms with van der Waals surface area (Å²) in [6.07, 6.45) is 1.30. The van der Waals surface area contributed by atoms with Crippen molar-refractivity contribution in [2.24, 2.45) is 5.92 Å². The van der Waals surface area contributed by atoms with E-state index in [9.17, 15) is 9.28 Å². The Bertz CT molecular complexity index is 620. The van der Waals surface area contributed by atoms with Crippen LogP contribution in [0.5, 0.6) is 5.75 Å². The van der Waals surface area contributed by atoms with Crippen molar-refractivity contribution in [1.82, 2.24) is 9.65 Å². The highest BCUT2D eigenvalue weighted by Gasteiger charge is 2.53. The maximum absolute atomic E-state index is 14.3. The standard InChI is InChI=1S/C13H13Cl3FN3O2S/c1-22-10-5-4-8(6-9(10)14)18-11(7-2-3-7)20(23-12(15)16)19(17)13(18)21/h4-7,11-12H,2-3H2,1H3. The molecule has 126 valence electrons. The molecule has 1 aliphatic heterocycles. The minimum atomic E-state index is -0.887. The van der Waals surface area contributed by atoms with Gasteiger partial charge < -0.3 is 4.74 Å². The van der Waals surface area contributed by atoms with Gasteiger partial charge in [-0.2, -0.15) is 0 Å². The van der Waals surface area contributed by atoms with Gasteiger partial charge in [0.1, 0.15) is 11.9 Å². The van der Waals surface area contributed by atoms with Gasteiger partial charge in [0, 0.05) is 5.69 Å². The summed E-state index contributed by atoms with van der Waals surface area (Å²) >= 11 is 18.5. The van der Waals surface area contributed by atoms with Crippen LogP contribution in [-0.2, 0) is 0 Å². The molecule has 10 heteroatoms. The van der Waals surface area contributed by atoms with Crippen LogP contribution in [0.25, 0.3) is 0 Å². The number of alkyl halides is 2. The maximum atomic E-state index is 14.3. The molecule has 3 rings (SSSR count). The average Bonchev–Trinajstić information content (AvgIpc) is 3.30. The van der Waals surface area contributed by atoms with Gasteiger partial charge >= 0.3 is 6.03 Å². The number of nitrogens with zero attached hydrogens (tertiary/aromatic N) is 3. The molecule has 5 nitrogen and oxygen atoms in total. The highest BCUT2D eigenvalue weighted by molar-refractivity contribution is 8.00. The monoisotopic (exact) mass is 399 g/mol. The highest BCUT2D eigenvalue weighted by Crippen LogP contribution is 2.47. The number of halogens is 4. The van der Waals surface area contributed by atoms with Crippen molar-refractivity contribution in [2.45, 2.75) is 23.2 Å². The van der Waals surface area contributed by atoms with E-state index in [1.165, 1.54) is 16.4 Å². The van der Waals surface area contributed by atoms with E-state index < -0.39 is 16.4 Å². The van der Waals surface area contributed by atoms with E-state index in [0.717, 1.165) is 24.8 Å². The molecule has 0 N–H and O–H groups in total. The van der Waals surface area contributed by atoms with E-state index in [4.69, 9.17) is 39.5 Å². The van der Waals surface area contributed by atoms with Crippen LogP contribution in [0.3, 0.4) is 0 Å². The Morgan fingerprint density at radius 3 is 2.61 bits per heavy atom. The van der Waals surface area contributed by atoms with E-state index in [2.05, 4.69) is 0 Å². The molecule has 1 unspecified atom stereocenters. The Morgan fingerprint density at radius 1 is 1.39 bits per heavy atom. The first-order valence-corrected chi connectivity index (χ1v) is 8.89. The minimum absolute atomic E-state index is 0.0452. The van der Waals surface area contributed by atoms with Gasteiger partial charge in [-0.05, 0) is 48.9 Å². The SMILES string of the molecule is COc1ccc(N2C(=O)N(F)N(SC(Cl)Cl)C2C2CC2)cc1Cl. The second-order valence-electron chi connectivity index (χ2n) is 5.15. The first-order chi connectivity index (χ1) is 10.9. The van der Waals surface area contributed by atoms with Gasteiger partial charge in [0.15, 0.2) is 4.17 Å². The van der Waals surface area contributed by atoms with E-state index in [0.29, 0.717) is 16.5 Å². The lowest BCUT2D eigenvalue weighted by atomic mass is 10.2. The first kappa shape index (κ1) is 17.2. The summed E-state index contributed by atoms with van der Waals surface area (Å²) in [6, 6.07) is 4.08. The third kappa shape index (κ3) is 3.30. The normalized spacial score (nSPS) is 22.3. The lowest BCUT2D eigenvalue weighted by Gasteiger charge is -2.27. The van der Waals surface area contributed by atoms with Gasteiger partial charge in [0.25, 0.3) is 0 Å². The molecule has 0 spiro atoms. The van der Waals surface area contributed by atoms with Crippen molar-refractivity contribution >= 4 is 58.5 Å². The topological polar surface area (TPSA) is 36.0 Å². The maximum Gasteiger partial charge on any atom is 0.370 e. The molecule has 1 atom stereocenters. The number of carbonyl (C=O) groups excluding carboxylic acids is 1. The number of carbonyl (C=O) groups is 1. The number of urea groups is 1. The zero-order chi connectivity index (χ0) is 16.7. The molecule has 2 fully saturated rings. The molecular formula is C13H13Cl3FN3O2S. The van der Waals surface area contributed by atoms with Gasteiger partial charge in [-0.1, -0.05) is 44.5 Å². The van der Waals surface area contributed by atoms with Crippen molar-refractivity contribution in [2.75, 3.05) is 12.0 Å². The zero-order valence-corrected chi connectivity index (χ0v) is 15.0. The summed E-state index contributed by atoms with van der Waals surface area (Å²) in [5.74, 6) is 0.634. The fraction of sp³-hybridized carbons (Fsp3) is 0.462. The molecule has 2 amide bonds. The van der Waals surface area contributed by atoms with Gasteiger partial charge in [-0.15, -0.1) is 4.41 Å². The molecule has 1 saturated heterocycles. The molecule has 0 aromatic heterocycles. The second-order valence-corrected chi connectivity index (χ2v) is 8.23. The fourth-order valence-corrected chi connectivity index (χ4v) is 3.98. The van der Waals surface area contributed by atoms with Crippen LogP contribution >= 0.6 is 46.8 Å². The predicted molar refractivity (Wildman–Crippen MR) is 90.3 cm³/mol. The number of ether oxygens (including phenoxy) is 1. The third-order valence-corrected chi connectivity index (χ3v) is 5.18. The van der Waals surface area contributed by atoms with E-state index >= 15 is 0 Å². The molecule has 0 radical (unpaired) electrons. The quantitative estimate of drug-likeness (QED) is 0.403. The van der Waals surface area contributed by atoms with E-state index in [-0.39, 0.29) is 11.1 Å². The molecule has 1 saturated carbocycles. The van der Waals surface area contributed by atoms with Crippen LogP contribution in [0.15, 0.2) is 18.2 Å². The third-order valence-electron chi connectivity index (χ3n) is 3.67. The average molecular weight is 401 g/mol. The summed E-state index contributed by atoms with van der Waals surface area (Å²) in [6.45, 7) is 0. The van der Waals surface area contributed by atoms with E-state index in [1.54, 1.807) is 18.2 Å². The van der Waals surface area contributed by atoms with Crippen LogP contribution in [0.2, 0.25) is 5.02 Å². The van der Waals surface area contributed by atoms with Crippen LogP contribution in [-0.4, -0.2) is 33.1 Å². The summed E-state index contributed by atoms with van der Waals surface area (Å²) in [5.41, 5.74) is 0.490. The number of hydrogen-bond acceptors (Lipinski definition) is 4. The number of hydrazine groups is 1. The molecular weight excluding hydrogens is 388 g/mol. The lowest BCUT2D eigenvalue weighted by Crippen LogP contribution is -2.39. The Labute approximate surface area is 152 Å². The van der Waals surface area contributed by atoms with Crippen LogP contribution in [0.1, 0.15) is 12.8 Å². The van der Waals surface area contributed by atoms with Gasteiger partial charge in [-0.25, -0.2) is 4.79 Å². The number of amides is 2. The van der Waals surface area contributed by atoms with Crippen LogP contribution in [0.4, 0.5) is 15.0 Å². The first-order valence-electron chi connectivity index (χ1n) is 6.80. The smallest absolute Gasteiger partial charge is 0.370 e. The minimum Gasteiger partial charge on any atom is -0.495 e. The molecule has 0 bridgehead atoms. The predicted octanol–water partition coefficient (Wildman–Crippen LogP) is 4.84. The number of hydrogen-bond donors (Lipinski definition) is 0. The van der Waals surface area contributed by atoms with Crippen LogP contribution < -0.4 is 9.64 Å². The Hall–Kier alpha value is -0.600. The number of methoxy groups -OCH3 is 1. The summed E-state index contributed by atoms with van der Waals surface area (Å²) < 4.78 is 19.7. The Kier molecular flexibility index (Phi) is 5.04. The largest absolute Gasteiger partial charge is 0.495 e. The van der Waals surface area contributed by atoms with Crippen molar-refractivity contribution in [3.05, 3.63) is 23.2 Å². The highest BCUT2D eigenvalue weighted by atomic mass is 35.5. The number of benzene rings is 1. The van der Waals surface area contributed by atoms with Gasteiger partial charge in [0.05, 0.1) is 12.1 Å². The Balaban J connectivity index is 1.96. The van der Waals surface area contributed by atoms with Crippen molar-refractivity contribution < 1.29 is 14.0 Å². The molecule has 1 aliphatic carbocycles. The second kappa shape index (κ2) is 6.72. The molecule has 1 aromatic rings. The molecule has 1 aromatic carbocycles. The lowest BCUT2D eigenvalue weighted by molar-refractivity contribution is -0.0485. The zero-order valence-electron chi connectivity index (χ0n) is 12.0. The summed E-state index contributed by atoms with van der Waals surface area (Å²) in [7, 11) is 1.50. The number of rotatable bonds is 5. The summed E-state index contributed by atoms with van der Waals surface area (Å²) in [4.78, 5) is 13.7. The molecule has 2 aliphatic rings. The van der Waals surface area contributed by atoms with Crippen molar-refractivity contribution in [1.29, 1.82) is 0 Å². The summed E-state index contributed by atoms with van der Waals surface area (Å²) in [5, 5.41) is 0.389. The molecule has 23 heavy (non-hydrogen) atoms. The van der Waals surface area contributed by atoms with Crippen LogP contribution in [0, 0.1) is 5.92 Å².